The zero-order chi connectivity index (χ0) is 14.4. The monoisotopic (exact) mass is 327 g/mol. The number of nitrogens with zero attached hydrogens (tertiary/aromatic N) is 2. The van der Waals surface area contributed by atoms with Gasteiger partial charge in [-0.1, -0.05) is 27.7 Å². The second-order valence-electron chi connectivity index (χ2n) is 6.37. The molecule has 1 aliphatic carbocycles. The van der Waals surface area contributed by atoms with Crippen molar-refractivity contribution >= 4 is 21.6 Å². The fourth-order valence-corrected chi connectivity index (χ4v) is 3.32. The second kappa shape index (κ2) is 4.62. The molecule has 2 rings (SSSR count). The number of aromatic nitrogens is 2. The molecule has 0 radical (unpaired) electrons. The fourth-order valence-electron chi connectivity index (χ4n) is 2.87. The van der Waals surface area contributed by atoms with Crippen molar-refractivity contribution in [2.24, 2.45) is 16.7 Å². The first kappa shape index (κ1) is 14.6. The van der Waals surface area contributed by atoms with Gasteiger partial charge in [0.05, 0.1) is 11.9 Å². The summed E-state index contributed by atoms with van der Waals surface area (Å²) in [6.07, 6.45) is 1.72. The van der Waals surface area contributed by atoms with Crippen molar-refractivity contribution in [3.05, 3.63) is 21.0 Å². The predicted octanol–water partition coefficient (Wildman–Crippen LogP) is 3.12. The third-order valence-corrected chi connectivity index (χ3v) is 5.87. The van der Waals surface area contributed by atoms with Crippen molar-refractivity contribution in [1.29, 1.82) is 0 Å². The molecule has 0 aromatic carbocycles. The molecule has 1 heterocycles. The van der Waals surface area contributed by atoms with Crippen LogP contribution >= 0.6 is 15.9 Å². The van der Waals surface area contributed by atoms with Gasteiger partial charge in [-0.05, 0) is 39.6 Å². The van der Waals surface area contributed by atoms with Gasteiger partial charge in [-0.2, -0.15) is 5.10 Å². The Hall–Kier alpha value is -0.840. The average molecular weight is 328 g/mol. The summed E-state index contributed by atoms with van der Waals surface area (Å²) in [6, 6.07) is 0. The Kier molecular flexibility index (Phi) is 3.54. The summed E-state index contributed by atoms with van der Waals surface area (Å²) in [6.45, 7) is 12.5. The number of hydrogen-bond acceptors (Lipinski definition) is 3. The molecule has 0 aliphatic heterocycles. The number of nitrogens with one attached hydrogen (secondary N) is 1. The minimum absolute atomic E-state index is 0.0817. The lowest BCUT2D eigenvalue weighted by molar-refractivity contribution is 0.457. The first-order valence-electron chi connectivity index (χ1n) is 6.73. The molecule has 0 bridgehead atoms. The Bertz CT molecular complexity index is 534. The quantitative estimate of drug-likeness (QED) is 0.924. The van der Waals surface area contributed by atoms with E-state index in [0.717, 1.165) is 12.2 Å². The molecule has 1 aliphatic rings. The van der Waals surface area contributed by atoms with E-state index >= 15 is 0 Å². The summed E-state index contributed by atoms with van der Waals surface area (Å²) in [5, 5.41) is 7.50. The first-order valence-corrected chi connectivity index (χ1v) is 7.52. The van der Waals surface area contributed by atoms with Gasteiger partial charge in [-0.3, -0.25) is 4.79 Å². The predicted molar refractivity (Wildman–Crippen MR) is 81.4 cm³/mol. The molecule has 4 nitrogen and oxygen atoms in total. The lowest BCUT2D eigenvalue weighted by Gasteiger charge is -2.10. The van der Waals surface area contributed by atoms with Crippen LogP contribution < -0.4 is 10.9 Å². The van der Waals surface area contributed by atoms with Crippen LogP contribution in [0, 0.1) is 16.7 Å². The van der Waals surface area contributed by atoms with E-state index in [4.69, 9.17) is 0 Å². The molecule has 0 unspecified atom stereocenters. The molecule has 0 amide bonds. The number of anilines is 1. The molecular weight excluding hydrogens is 306 g/mol. The zero-order valence-corrected chi connectivity index (χ0v) is 13.8. The van der Waals surface area contributed by atoms with Crippen molar-refractivity contribution in [2.75, 3.05) is 11.9 Å². The maximum absolute atomic E-state index is 11.9. The van der Waals surface area contributed by atoms with Crippen molar-refractivity contribution in [2.45, 2.75) is 41.2 Å². The Morgan fingerprint density at radius 3 is 2.42 bits per heavy atom. The lowest BCUT2D eigenvalue weighted by Crippen LogP contribution is -2.24. The fraction of sp³-hybridized carbons (Fsp3) is 0.714. The van der Waals surface area contributed by atoms with Crippen LogP contribution in [0.4, 0.5) is 5.69 Å². The van der Waals surface area contributed by atoms with E-state index in [9.17, 15) is 4.79 Å². The third-order valence-electron chi connectivity index (χ3n) is 5.10. The molecule has 0 spiro atoms. The highest BCUT2D eigenvalue weighted by molar-refractivity contribution is 9.10. The topological polar surface area (TPSA) is 46.9 Å². The molecule has 0 saturated heterocycles. The van der Waals surface area contributed by atoms with Crippen LogP contribution in [0.5, 0.6) is 0 Å². The van der Waals surface area contributed by atoms with Crippen molar-refractivity contribution in [1.82, 2.24) is 9.78 Å². The Labute approximate surface area is 122 Å². The van der Waals surface area contributed by atoms with Crippen LogP contribution in [0.2, 0.25) is 0 Å². The molecule has 19 heavy (non-hydrogen) atoms. The van der Waals surface area contributed by atoms with Crippen molar-refractivity contribution in [3.63, 3.8) is 0 Å². The smallest absolute Gasteiger partial charge is 0.283 e. The van der Waals surface area contributed by atoms with Crippen LogP contribution in [-0.2, 0) is 6.54 Å². The molecule has 1 saturated carbocycles. The minimum atomic E-state index is -0.0817. The van der Waals surface area contributed by atoms with Crippen LogP contribution in [0.1, 0.15) is 34.6 Å². The van der Waals surface area contributed by atoms with E-state index < -0.39 is 0 Å². The normalized spacial score (nSPS) is 20.3. The first-order chi connectivity index (χ1) is 8.73. The Balaban J connectivity index is 2.10. The maximum Gasteiger partial charge on any atom is 0.283 e. The number of hydrogen-bond donors (Lipinski definition) is 1. The highest BCUT2D eigenvalue weighted by Crippen LogP contribution is 2.68. The van der Waals surface area contributed by atoms with E-state index in [0.29, 0.717) is 27.8 Å². The van der Waals surface area contributed by atoms with Crippen molar-refractivity contribution in [3.8, 4) is 0 Å². The number of rotatable bonds is 4. The second-order valence-corrected chi connectivity index (χ2v) is 7.16. The van der Waals surface area contributed by atoms with E-state index in [2.05, 4.69) is 54.0 Å². The van der Waals surface area contributed by atoms with Gasteiger partial charge in [0.25, 0.3) is 5.56 Å². The van der Waals surface area contributed by atoms with Crippen LogP contribution in [0.15, 0.2) is 15.5 Å². The summed E-state index contributed by atoms with van der Waals surface area (Å²) in [5.41, 5.74) is 1.39. The Morgan fingerprint density at radius 1 is 1.37 bits per heavy atom. The van der Waals surface area contributed by atoms with Gasteiger partial charge in [-0.25, -0.2) is 4.68 Å². The van der Waals surface area contributed by atoms with Gasteiger partial charge in [0.15, 0.2) is 0 Å². The molecule has 0 atom stereocenters. The standard InChI is InChI=1S/C14H22BrN3O/c1-6-18-12(19)11(15)9(7-17-18)16-8-10-13(2,3)14(10,4)5/h7,10,16H,6,8H2,1-5H3. The van der Waals surface area contributed by atoms with Crippen molar-refractivity contribution < 1.29 is 0 Å². The van der Waals surface area contributed by atoms with E-state index in [-0.39, 0.29) is 5.56 Å². The Morgan fingerprint density at radius 2 is 1.95 bits per heavy atom. The lowest BCUT2D eigenvalue weighted by atomic mass is 10.0. The summed E-state index contributed by atoms with van der Waals surface area (Å²) in [5.74, 6) is 0.612. The van der Waals surface area contributed by atoms with Crippen LogP contribution in [0.3, 0.4) is 0 Å². The molecule has 106 valence electrons. The largest absolute Gasteiger partial charge is 0.382 e. The number of aryl methyl sites for hydroxylation is 1. The minimum Gasteiger partial charge on any atom is -0.382 e. The highest BCUT2D eigenvalue weighted by Gasteiger charge is 2.64. The van der Waals surface area contributed by atoms with Crippen LogP contribution in [-0.4, -0.2) is 16.3 Å². The summed E-state index contributed by atoms with van der Waals surface area (Å²) < 4.78 is 2.01. The van der Waals surface area contributed by atoms with Gasteiger partial charge in [-0.15, -0.1) is 0 Å². The van der Waals surface area contributed by atoms with Gasteiger partial charge >= 0.3 is 0 Å². The maximum atomic E-state index is 11.9. The molecule has 1 fully saturated rings. The number of halogens is 1. The van der Waals surface area contributed by atoms with Gasteiger partial charge in [0.1, 0.15) is 4.47 Å². The molecular formula is C14H22BrN3O. The van der Waals surface area contributed by atoms with Gasteiger partial charge in [0, 0.05) is 13.1 Å². The highest BCUT2D eigenvalue weighted by atomic mass is 79.9. The third kappa shape index (κ3) is 2.22. The summed E-state index contributed by atoms with van der Waals surface area (Å²) in [4.78, 5) is 11.9. The van der Waals surface area contributed by atoms with Gasteiger partial charge < -0.3 is 5.32 Å². The van der Waals surface area contributed by atoms with Gasteiger partial charge in [0.2, 0.25) is 0 Å². The summed E-state index contributed by atoms with van der Waals surface area (Å²) in [7, 11) is 0. The molecule has 1 aromatic rings. The van der Waals surface area contributed by atoms with E-state index in [1.165, 1.54) is 4.68 Å². The average Bonchev–Trinajstić information content (AvgIpc) is 2.72. The molecule has 5 heteroatoms. The SMILES string of the molecule is CCn1ncc(NCC2C(C)(C)C2(C)C)c(Br)c1=O. The molecule has 1 N–H and O–H groups in total. The molecule has 1 aromatic heterocycles. The summed E-state index contributed by atoms with van der Waals surface area (Å²) >= 11 is 3.36. The van der Waals surface area contributed by atoms with E-state index in [1.54, 1.807) is 6.20 Å². The van der Waals surface area contributed by atoms with E-state index in [1.807, 2.05) is 6.92 Å². The zero-order valence-electron chi connectivity index (χ0n) is 12.2. The van der Waals surface area contributed by atoms with Crippen LogP contribution in [0.25, 0.3) is 0 Å².